The average molecular weight is 596 g/mol. The molecule has 3 aromatic carbocycles. The Morgan fingerprint density at radius 3 is 2.10 bits per heavy atom. The van der Waals surface area contributed by atoms with Crippen molar-refractivity contribution in [3.63, 3.8) is 0 Å². The smallest absolute Gasteiger partial charge is 0.264 e. The van der Waals surface area contributed by atoms with Crippen molar-refractivity contribution in [2.75, 3.05) is 25.1 Å². The Morgan fingerprint density at radius 2 is 1.52 bits per heavy atom. The van der Waals surface area contributed by atoms with E-state index >= 15 is 0 Å². The molecule has 2 amide bonds. The first-order chi connectivity index (χ1) is 19.7. The summed E-state index contributed by atoms with van der Waals surface area (Å²) in [6.45, 7) is 10.6. The molecule has 0 aliphatic heterocycles. The number of nitrogens with one attached hydrogen (secondary N) is 1. The maximum absolute atomic E-state index is 14.1. The van der Waals surface area contributed by atoms with Gasteiger partial charge >= 0.3 is 0 Å². The van der Waals surface area contributed by atoms with Crippen molar-refractivity contribution >= 4 is 27.5 Å². The van der Waals surface area contributed by atoms with Crippen molar-refractivity contribution in [2.45, 2.75) is 64.6 Å². The SMILES string of the molecule is COc1ccc(N(CC(=O)N(Cc2ccccc2C)C(C)C(=O)NC(C)(C)C)S(=O)(=O)c2ccc(C)cc2)cc1OC. The Kier molecular flexibility index (Phi) is 10.3. The van der Waals surface area contributed by atoms with Gasteiger partial charge in [-0.05, 0) is 76.9 Å². The van der Waals surface area contributed by atoms with Crippen molar-refractivity contribution in [2.24, 2.45) is 0 Å². The fraction of sp³-hybridized carbons (Fsp3) is 0.375. The van der Waals surface area contributed by atoms with E-state index in [1.165, 1.54) is 37.3 Å². The molecule has 3 rings (SSSR count). The average Bonchev–Trinajstić information content (AvgIpc) is 2.93. The van der Waals surface area contributed by atoms with Gasteiger partial charge in [0.15, 0.2) is 11.5 Å². The van der Waals surface area contributed by atoms with Gasteiger partial charge in [0.05, 0.1) is 24.8 Å². The number of benzene rings is 3. The van der Waals surface area contributed by atoms with Crippen molar-refractivity contribution in [1.82, 2.24) is 10.2 Å². The van der Waals surface area contributed by atoms with Crippen LogP contribution in [0.2, 0.25) is 0 Å². The summed E-state index contributed by atoms with van der Waals surface area (Å²) in [6.07, 6.45) is 0. The molecule has 0 bridgehead atoms. The van der Waals surface area contributed by atoms with E-state index in [0.717, 1.165) is 21.0 Å². The van der Waals surface area contributed by atoms with Crippen LogP contribution in [0, 0.1) is 13.8 Å². The fourth-order valence-electron chi connectivity index (χ4n) is 4.37. The molecule has 0 saturated carbocycles. The molecule has 0 aromatic heterocycles. The Morgan fingerprint density at radius 1 is 0.905 bits per heavy atom. The number of methoxy groups -OCH3 is 2. The fourth-order valence-corrected chi connectivity index (χ4v) is 5.78. The van der Waals surface area contributed by atoms with Crippen LogP contribution in [0.3, 0.4) is 0 Å². The lowest BCUT2D eigenvalue weighted by molar-refractivity contribution is -0.140. The monoisotopic (exact) mass is 595 g/mol. The maximum atomic E-state index is 14.1. The zero-order chi connectivity index (χ0) is 31.2. The molecule has 42 heavy (non-hydrogen) atoms. The molecule has 1 N–H and O–H groups in total. The van der Waals surface area contributed by atoms with Crippen LogP contribution in [0.5, 0.6) is 11.5 Å². The first kappa shape index (κ1) is 32.5. The van der Waals surface area contributed by atoms with Gasteiger partial charge in [-0.2, -0.15) is 0 Å². The Balaban J connectivity index is 2.11. The quantitative estimate of drug-likeness (QED) is 0.340. The molecular weight excluding hydrogens is 554 g/mol. The third-order valence-electron chi connectivity index (χ3n) is 6.81. The first-order valence-electron chi connectivity index (χ1n) is 13.7. The molecule has 0 spiro atoms. The number of anilines is 1. The van der Waals surface area contributed by atoms with E-state index < -0.39 is 34.1 Å². The number of rotatable bonds is 11. The largest absolute Gasteiger partial charge is 0.493 e. The first-order valence-corrected chi connectivity index (χ1v) is 15.1. The standard InChI is InChI=1S/C32H41N3O6S/c1-22-13-16-27(17-14-22)42(38,39)35(26-15-18-28(40-7)29(19-26)41-8)21-30(36)34(20-25-12-10-9-11-23(25)2)24(3)31(37)33-32(4,5)6/h9-19,24H,20-21H2,1-8H3,(H,33,37). The van der Waals surface area contributed by atoms with Crippen LogP contribution in [0.15, 0.2) is 71.6 Å². The number of aryl methyl sites for hydroxylation is 2. The molecule has 9 nitrogen and oxygen atoms in total. The molecule has 0 aliphatic rings. The van der Waals surface area contributed by atoms with Crippen molar-refractivity contribution in [1.29, 1.82) is 0 Å². The minimum absolute atomic E-state index is 0.0275. The van der Waals surface area contributed by atoms with E-state index in [-0.39, 0.29) is 23.0 Å². The zero-order valence-corrected chi connectivity index (χ0v) is 26.4. The summed E-state index contributed by atoms with van der Waals surface area (Å²) in [6, 6.07) is 17.8. The third kappa shape index (κ3) is 7.82. The molecule has 0 fully saturated rings. The van der Waals surface area contributed by atoms with Gasteiger partial charge < -0.3 is 19.7 Å². The second kappa shape index (κ2) is 13.3. The van der Waals surface area contributed by atoms with E-state index in [1.54, 1.807) is 31.2 Å². The highest BCUT2D eigenvalue weighted by molar-refractivity contribution is 7.92. The number of ether oxygens (including phenoxy) is 2. The Hall–Kier alpha value is -4.05. The second-order valence-corrected chi connectivity index (χ2v) is 13.1. The van der Waals surface area contributed by atoms with Crippen LogP contribution in [0.25, 0.3) is 0 Å². The third-order valence-corrected chi connectivity index (χ3v) is 8.60. The van der Waals surface area contributed by atoms with Gasteiger partial charge in [0.25, 0.3) is 10.0 Å². The van der Waals surface area contributed by atoms with Gasteiger partial charge in [-0.15, -0.1) is 0 Å². The van der Waals surface area contributed by atoms with E-state index in [1.807, 2.05) is 58.9 Å². The van der Waals surface area contributed by atoms with Crippen LogP contribution >= 0.6 is 0 Å². The second-order valence-electron chi connectivity index (χ2n) is 11.2. The van der Waals surface area contributed by atoms with Gasteiger partial charge in [0.2, 0.25) is 11.8 Å². The van der Waals surface area contributed by atoms with Crippen LogP contribution in [0.4, 0.5) is 5.69 Å². The number of hydrogen-bond acceptors (Lipinski definition) is 6. The highest BCUT2D eigenvalue weighted by Crippen LogP contribution is 2.34. The highest BCUT2D eigenvalue weighted by atomic mass is 32.2. The minimum Gasteiger partial charge on any atom is -0.493 e. The summed E-state index contributed by atoms with van der Waals surface area (Å²) < 4.78 is 39.9. The molecule has 0 aliphatic carbocycles. The summed E-state index contributed by atoms with van der Waals surface area (Å²) in [5, 5.41) is 2.93. The zero-order valence-electron chi connectivity index (χ0n) is 25.6. The molecule has 226 valence electrons. The van der Waals surface area contributed by atoms with Crippen LogP contribution in [0.1, 0.15) is 44.4 Å². The number of carbonyl (C=O) groups excluding carboxylic acids is 2. The number of carbonyl (C=O) groups is 2. The maximum Gasteiger partial charge on any atom is 0.264 e. The molecule has 10 heteroatoms. The molecule has 1 atom stereocenters. The van der Waals surface area contributed by atoms with Crippen LogP contribution < -0.4 is 19.1 Å². The summed E-state index contributed by atoms with van der Waals surface area (Å²) in [5.41, 5.74) is 2.38. The number of sulfonamides is 1. The summed E-state index contributed by atoms with van der Waals surface area (Å²) >= 11 is 0. The summed E-state index contributed by atoms with van der Waals surface area (Å²) in [7, 11) is -1.28. The highest BCUT2D eigenvalue weighted by Gasteiger charge is 2.34. The lowest BCUT2D eigenvalue weighted by Gasteiger charge is -2.34. The molecule has 0 saturated heterocycles. The normalized spacial score (nSPS) is 12.3. The van der Waals surface area contributed by atoms with E-state index in [9.17, 15) is 18.0 Å². The van der Waals surface area contributed by atoms with Crippen LogP contribution in [-0.2, 0) is 26.2 Å². The molecule has 3 aromatic rings. The number of amides is 2. The Labute approximate surface area is 249 Å². The van der Waals surface area contributed by atoms with Gasteiger partial charge in [-0.3, -0.25) is 13.9 Å². The molecule has 0 heterocycles. The van der Waals surface area contributed by atoms with Crippen molar-refractivity contribution < 1.29 is 27.5 Å². The lowest BCUT2D eigenvalue weighted by Crippen LogP contribution is -2.54. The van der Waals surface area contributed by atoms with E-state index in [4.69, 9.17) is 9.47 Å². The predicted molar refractivity (Wildman–Crippen MR) is 164 cm³/mol. The molecular formula is C32H41N3O6S. The van der Waals surface area contributed by atoms with Gasteiger partial charge in [0.1, 0.15) is 12.6 Å². The van der Waals surface area contributed by atoms with Crippen LogP contribution in [-0.4, -0.2) is 57.5 Å². The van der Waals surface area contributed by atoms with Gasteiger partial charge in [0, 0.05) is 18.2 Å². The van der Waals surface area contributed by atoms with Crippen molar-refractivity contribution in [3.8, 4) is 11.5 Å². The molecule has 1 unspecified atom stereocenters. The molecule has 0 radical (unpaired) electrons. The van der Waals surface area contributed by atoms with Gasteiger partial charge in [-0.1, -0.05) is 42.0 Å². The summed E-state index contributed by atoms with van der Waals surface area (Å²) in [5.74, 6) is -0.168. The van der Waals surface area contributed by atoms with E-state index in [2.05, 4.69) is 5.32 Å². The minimum atomic E-state index is -4.21. The topological polar surface area (TPSA) is 105 Å². The lowest BCUT2D eigenvalue weighted by atomic mass is 10.1. The van der Waals surface area contributed by atoms with Gasteiger partial charge in [-0.25, -0.2) is 8.42 Å². The number of nitrogens with zero attached hydrogens (tertiary/aromatic N) is 2. The number of hydrogen-bond donors (Lipinski definition) is 1. The summed E-state index contributed by atoms with van der Waals surface area (Å²) in [4.78, 5) is 28.9. The Bertz CT molecular complexity index is 1510. The predicted octanol–water partition coefficient (Wildman–Crippen LogP) is 4.85. The van der Waals surface area contributed by atoms with E-state index in [0.29, 0.717) is 11.5 Å². The van der Waals surface area contributed by atoms with Crippen molar-refractivity contribution in [3.05, 3.63) is 83.4 Å².